The molecule has 154 valence electrons. The summed E-state index contributed by atoms with van der Waals surface area (Å²) in [4.78, 5) is 26.8. The van der Waals surface area contributed by atoms with Crippen molar-refractivity contribution in [2.45, 2.75) is 0 Å². The Kier molecular flexibility index (Phi) is 5.47. The van der Waals surface area contributed by atoms with Gasteiger partial charge in [-0.2, -0.15) is 0 Å². The van der Waals surface area contributed by atoms with Crippen molar-refractivity contribution in [2.75, 3.05) is 7.11 Å². The van der Waals surface area contributed by atoms with Crippen molar-refractivity contribution >= 4 is 29.4 Å². The second-order valence-corrected chi connectivity index (χ2v) is 6.94. The van der Waals surface area contributed by atoms with Gasteiger partial charge in [-0.25, -0.2) is 14.0 Å². The molecule has 31 heavy (non-hydrogen) atoms. The summed E-state index contributed by atoms with van der Waals surface area (Å²) in [5, 5.41) is 2.67. The monoisotopic (exact) mass is 415 g/mol. The van der Waals surface area contributed by atoms with Crippen LogP contribution in [0, 0.1) is 5.82 Å². The van der Waals surface area contributed by atoms with Crippen LogP contribution >= 0.6 is 0 Å². The number of rotatable bonds is 5. The van der Waals surface area contributed by atoms with E-state index in [2.05, 4.69) is 5.32 Å². The molecule has 1 N–H and O–H groups in total. The van der Waals surface area contributed by atoms with E-state index in [-0.39, 0.29) is 0 Å². The molecule has 1 atom stereocenters. The van der Waals surface area contributed by atoms with Crippen molar-refractivity contribution in [3.63, 3.8) is 0 Å². The lowest BCUT2D eigenvalue weighted by Gasteiger charge is -2.28. The lowest BCUT2D eigenvalue weighted by Crippen LogP contribution is -2.55. The molecule has 0 aliphatic carbocycles. The molecule has 3 aromatic carbocycles. The van der Waals surface area contributed by atoms with E-state index in [1.54, 1.807) is 61.7 Å². The fourth-order valence-corrected chi connectivity index (χ4v) is 3.58. The standard InChI is InChI=1S/C25H19FN2O3/c1-31-22-14-7-18(8-15-22)9-16-24(29)28(21-5-3-2-4-6-21)23(17-27-25(28)30)19-10-12-20(26)13-11-19/h2-17H,1H3/p+1. The Hall–Kier alpha value is -4.03. The molecule has 1 aliphatic heterocycles. The highest BCUT2D eigenvalue weighted by Gasteiger charge is 2.54. The van der Waals surface area contributed by atoms with Gasteiger partial charge in [-0.15, -0.1) is 4.48 Å². The van der Waals surface area contributed by atoms with Crippen LogP contribution in [0.4, 0.5) is 14.9 Å². The minimum absolute atomic E-state index is 0.398. The smallest absolute Gasteiger partial charge is 0.438 e. The number of para-hydroxylation sites is 1. The molecule has 1 heterocycles. The molecule has 0 spiro atoms. The van der Waals surface area contributed by atoms with E-state index in [1.165, 1.54) is 24.4 Å². The summed E-state index contributed by atoms with van der Waals surface area (Å²) in [6.07, 6.45) is 4.54. The third-order valence-electron chi connectivity index (χ3n) is 5.15. The summed E-state index contributed by atoms with van der Waals surface area (Å²) in [6, 6.07) is 21.2. The maximum atomic E-state index is 13.6. The number of halogens is 1. The molecule has 3 amide bonds. The highest BCUT2D eigenvalue weighted by molar-refractivity contribution is 6.23. The number of imide groups is 1. The van der Waals surface area contributed by atoms with Gasteiger partial charge in [-0.1, -0.05) is 30.3 Å². The van der Waals surface area contributed by atoms with Crippen molar-refractivity contribution in [1.29, 1.82) is 0 Å². The minimum atomic E-state index is -0.681. The van der Waals surface area contributed by atoms with Gasteiger partial charge in [-0.05, 0) is 48.0 Å². The van der Waals surface area contributed by atoms with Gasteiger partial charge in [0, 0.05) is 23.8 Å². The van der Waals surface area contributed by atoms with E-state index in [9.17, 15) is 14.0 Å². The highest BCUT2D eigenvalue weighted by atomic mass is 19.1. The number of methoxy groups -OCH3 is 1. The predicted octanol–water partition coefficient (Wildman–Crippen LogP) is 5.10. The SMILES string of the molecule is COc1ccc(C=CC(=O)[N+]2(c3ccccc3)C(=O)NC=C2c2ccc(F)cc2)cc1. The first-order chi connectivity index (χ1) is 15.1. The summed E-state index contributed by atoms with van der Waals surface area (Å²) in [6.45, 7) is 0. The topological polar surface area (TPSA) is 55.4 Å². The van der Waals surface area contributed by atoms with Crippen LogP contribution in [0.2, 0.25) is 0 Å². The van der Waals surface area contributed by atoms with E-state index in [0.717, 1.165) is 5.56 Å². The van der Waals surface area contributed by atoms with Gasteiger partial charge < -0.3 is 4.74 Å². The van der Waals surface area contributed by atoms with Crippen molar-refractivity contribution in [1.82, 2.24) is 9.80 Å². The quantitative estimate of drug-likeness (QED) is 0.466. The number of carbonyl (C=O) groups excluding carboxylic acids is 2. The first-order valence-corrected chi connectivity index (χ1v) is 9.65. The predicted molar refractivity (Wildman–Crippen MR) is 118 cm³/mol. The third kappa shape index (κ3) is 3.65. The zero-order chi connectivity index (χ0) is 21.8. The van der Waals surface area contributed by atoms with Crippen molar-refractivity contribution in [2.24, 2.45) is 0 Å². The van der Waals surface area contributed by atoms with Crippen molar-refractivity contribution < 1.29 is 18.7 Å². The fourth-order valence-electron chi connectivity index (χ4n) is 3.58. The zero-order valence-corrected chi connectivity index (χ0v) is 16.8. The van der Waals surface area contributed by atoms with Crippen LogP contribution in [-0.4, -0.2) is 19.0 Å². The summed E-state index contributed by atoms with van der Waals surface area (Å²) < 4.78 is 18.0. The van der Waals surface area contributed by atoms with E-state index >= 15 is 0 Å². The minimum Gasteiger partial charge on any atom is -0.497 e. The second-order valence-electron chi connectivity index (χ2n) is 6.94. The van der Waals surface area contributed by atoms with Gasteiger partial charge >= 0.3 is 11.9 Å². The molecular weight excluding hydrogens is 395 g/mol. The Morgan fingerprint density at radius 1 is 0.968 bits per heavy atom. The molecule has 0 bridgehead atoms. The van der Waals surface area contributed by atoms with Crippen LogP contribution < -0.4 is 14.5 Å². The molecule has 6 heteroatoms. The summed E-state index contributed by atoms with van der Waals surface area (Å²) in [7, 11) is 1.58. The van der Waals surface area contributed by atoms with E-state index in [1.807, 2.05) is 18.2 Å². The number of ether oxygens (including phenoxy) is 1. The molecule has 5 nitrogen and oxygen atoms in total. The van der Waals surface area contributed by atoms with Crippen LogP contribution in [0.15, 0.2) is 91.1 Å². The number of hydrogen-bond acceptors (Lipinski definition) is 3. The zero-order valence-electron chi connectivity index (χ0n) is 16.8. The third-order valence-corrected chi connectivity index (χ3v) is 5.15. The van der Waals surface area contributed by atoms with E-state index < -0.39 is 22.2 Å². The lowest BCUT2D eigenvalue weighted by atomic mass is 10.1. The first kappa shape index (κ1) is 20.3. The summed E-state index contributed by atoms with van der Waals surface area (Å²) in [5.74, 6) is -0.144. The van der Waals surface area contributed by atoms with Crippen LogP contribution in [0.25, 0.3) is 11.8 Å². The Morgan fingerprint density at radius 2 is 1.65 bits per heavy atom. The molecular formula is C25H20FN2O3+. The average molecular weight is 415 g/mol. The molecule has 3 aromatic rings. The second kappa shape index (κ2) is 8.38. The van der Waals surface area contributed by atoms with Gasteiger partial charge in [0.05, 0.1) is 13.3 Å². The Morgan fingerprint density at radius 3 is 2.29 bits per heavy atom. The Bertz CT molecular complexity index is 1170. The highest BCUT2D eigenvalue weighted by Crippen LogP contribution is 2.38. The number of benzene rings is 3. The molecule has 1 aliphatic rings. The maximum Gasteiger partial charge on any atom is 0.438 e. The molecule has 0 saturated heterocycles. The first-order valence-electron chi connectivity index (χ1n) is 9.65. The van der Waals surface area contributed by atoms with Crippen molar-refractivity contribution in [3.05, 3.63) is 108 Å². The average Bonchev–Trinajstić information content (AvgIpc) is 3.16. The Balaban J connectivity index is 1.80. The number of hydrogen-bond donors (Lipinski definition) is 1. The van der Waals surface area contributed by atoms with Crippen LogP contribution in [0.5, 0.6) is 5.75 Å². The normalized spacial score (nSPS) is 18.0. The van der Waals surface area contributed by atoms with Crippen LogP contribution in [0.3, 0.4) is 0 Å². The van der Waals surface area contributed by atoms with E-state index in [0.29, 0.717) is 22.7 Å². The summed E-state index contributed by atoms with van der Waals surface area (Å²) >= 11 is 0. The number of nitrogens with one attached hydrogen (secondary N) is 1. The van der Waals surface area contributed by atoms with Gasteiger partial charge in [0.1, 0.15) is 11.6 Å². The molecule has 1 unspecified atom stereocenters. The van der Waals surface area contributed by atoms with Gasteiger partial charge in [-0.3, -0.25) is 5.32 Å². The van der Waals surface area contributed by atoms with E-state index in [4.69, 9.17) is 4.74 Å². The number of carbonyl (C=O) groups is 2. The summed E-state index contributed by atoms with van der Waals surface area (Å²) in [5.41, 5.74) is 2.25. The molecule has 0 radical (unpaired) electrons. The number of quaternary nitrogens is 1. The van der Waals surface area contributed by atoms with Gasteiger partial charge in [0.15, 0.2) is 11.4 Å². The number of nitrogens with zero attached hydrogens (tertiary/aromatic N) is 1. The fraction of sp³-hybridized carbons (Fsp3) is 0.0400. The lowest BCUT2D eigenvalue weighted by molar-refractivity contribution is -0.120. The largest absolute Gasteiger partial charge is 0.497 e. The van der Waals surface area contributed by atoms with Gasteiger partial charge in [0.25, 0.3) is 0 Å². The maximum absolute atomic E-state index is 13.6. The molecule has 4 rings (SSSR count). The number of amides is 3. The van der Waals surface area contributed by atoms with Gasteiger partial charge in [0.2, 0.25) is 0 Å². The number of urea groups is 1. The Labute approximate surface area is 179 Å². The molecule has 0 saturated carbocycles. The van der Waals surface area contributed by atoms with Crippen molar-refractivity contribution in [3.8, 4) is 5.75 Å². The molecule has 0 aromatic heterocycles. The van der Waals surface area contributed by atoms with Crippen LogP contribution in [0.1, 0.15) is 11.1 Å². The van der Waals surface area contributed by atoms with Crippen LogP contribution in [-0.2, 0) is 4.79 Å². The molecule has 0 fully saturated rings.